The average molecular weight is 249 g/mol. The highest BCUT2D eigenvalue weighted by molar-refractivity contribution is 7.89. The molecular weight excluding hydrogens is 230 g/mol. The molecule has 5 nitrogen and oxygen atoms in total. The number of carboxylic acids is 1. The van der Waals surface area contributed by atoms with Crippen LogP contribution in [0, 0.1) is 11.3 Å². The zero-order chi connectivity index (χ0) is 12.6. The normalized spacial score (nSPS) is 19.4. The van der Waals surface area contributed by atoms with Gasteiger partial charge in [-0.15, -0.1) is 0 Å². The average Bonchev–Trinajstić information content (AvgIpc) is 2.76. The van der Waals surface area contributed by atoms with Crippen molar-refractivity contribution in [3.63, 3.8) is 0 Å². The summed E-state index contributed by atoms with van der Waals surface area (Å²) in [4.78, 5) is 10.9. The molecule has 1 unspecified atom stereocenters. The molecule has 0 bridgehead atoms. The van der Waals surface area contributed by atoms with Crippen LogP contribution in [-0.4, -0.2) is 31.3 Å². The van der Waals surface area contributed by atoms with E-state index in [9.17, 15) is 13.2 Å². The molecule has 94 valence electrons. The number of sulfonamides is 1. The highest BCUT2D eigenvalue weighted by atomic mass is 32.2. The van der Waals surface area contributed by atoms with E-state index in [1.165, 1.54) is 0 Å². The van der Waals surface area contributed by atoms with Crippen molar-refractivity contribution in [1.82, 2.24) is 4.72 Å². The van der Waals surface area contributed by atoms with Crippen molar-refractivity contribution in [2.24, 2.45) is 11.3 Å². The van der Waals surface area contributed by atoms with Crippen LogP contribution in [0.5, 0.6) is 0 Å². The fourth-order valence-corrected chi connectivity index (χ4v) is 3.49. The van der Waals surface area contributed by atoms with Gasteiger partial charge in [0.25, 0.3) is 0 Å². The monoisotopic (exact) mass is 249 g/mol. The van der Waals surface area contributed by atoms with E-state index >= 15 is 0 Å². The van der Waals surface area contributed by atoms with Gasteiger partial charge in [0, 0.05) is 0 Å². The van der Waals surface area contributed by atoms with E-state index in [1.807, 2.05) is 0 Å². The molecule has 0 aromatic carbocycles. The van der Waals surface area contributed by atoms with Crippen LogP contribution in [0.25, 0.3) is 0 Å². The molecule has 0 saturated heterocycles. The largest absolute Gasteiger partial charge is 0.480 e. The Morgan fingerprint density at radius 3 is 2.25 bits per heavy atom. The molecule has 1 rings (SSSR count). The quantitative estimate of drug-likeness (QED) is 0.755. The highest BCUT2D eigenvalue weighted by Crippen LogP contribution is 2.33. The maximum atomic E-state index is 11.7. The molecule has 0 radical (unpaired) electrons. The maximum absolute atomic E-state index is 11.7. The minimum Gasteiger partial charge on any atom is -0.480 e. The van der Waals surface area contributed by atoms with Crippen LogP contribution in [0.4, 0.5) is 0 Å². The Balaban J connectivity index is 2.66. The number of carbonyl (C=O) groups is 1. The van der Waals surface area contributed by atoms with Crippen LogP contribution < -0.4 is 4.72 Å². The van der Waals surface area contributed by atoms with Crippen molar-refractivity contribution in [1.29, 1.82) is 0 Å². The van der Waals surface area contributed by atoms with Gasteiger partial charge in [-0.3, -0.25) is 4.79 Å². The first kappa shape index (κ1) is 13.4. The van der Waals surface area contributed by atoms with E-state index < -0.39 is 22.0 Å². The van der Waals surface area contributed by atoms with Crippen LogP contribution in [0.1, 0.15) is 33.6 Å². The van der Waals surface area contributed by atoms with Gasteiger partial charge in [-0.1, -0.05) is 20.8 Å². The lowest BCUT2D eigenvalue weighted by Crippen LogP contribution is -2.45. The van der Waals surface area contributed by atoms with E-state index in [1.54, 1.807) is 20.8 Å². The Hall–Kier alpha value is -0.620. The first-order valence-corrected chi connectivity index (χ1v) is 6.99. The fraction of sp³-hybridized carbons (Fsp3) is 0.900. The molecular formula is C10H19NO4S. The van der Waals surface area contributed by atoms with Crippen molar-refractivity contribution in [2.75, 3.05) is 5.75 Å². The topological polar surface area (TPSA) is 83.5 Å². The molecule has 1 fully saturated rings. The lowest BCUT2D eigenvalue weighted by molar-refractivity contribution is -0.139. The molecule has 1 saturated carbocycles. The molecule has 0 amide bonds. The predicted octanol–water partition coefficient (Wildman–Crippen LogP) is 0.815. The van der Waals surface area contributed by atoms with Gasteiger partial charge >= 0.3 is 5.97 Å². The molecule has 2 N–H and O–H groups in total. The number of nitrogens with one attached hydrogen (secondary N) is 1. The molecule has 0 aromatic heterocycles. The molecule has 16 heavy (non-hydrogen) atoms. The van der Waals surface area contributed by atoms with Crippen molar-refractivity contribution in [3.05, 3.63) is 0 Å². The van der Waals surface area contributed by atoms with Crippen molar-refractivity contribution in [3.8, 4) is 0 Å². The molecule has 6 heteroatoms. The number of aliphatic carboxylic acids is 1. The Kier molecular flexibility index (Phi) is 3.64. The minimum atomic E-state index is -3.52. The van der Waals surface area contributed by atoms with Crippen molar-refractivity contribution < 1.29 is 18.3 Å². The second kappa shape index (κ2) is 4.33. The number of rotatable bonds is 5. The lowest BCUT2D eigenvalue weighted by atomic mass is 10.0. The van der Waals surface area contributed by atoms with Gasteiger partial charge in [0.05, 0.1) is 5.75 Å². The zero-order valence-electron chi connectivity index (χ0n) is 9.86. The van der Waals surface area contributed by atoms with Crippen LogP contribution in [0.15, 0.2) is 0 Å². The predicted molar refractivity (Wildman–Crippen MR) is 60.5 cm³/mol. The Bertz CT molecular complexity index is 365. The van der Waals surface area contributed by atoms with Gasteiger partial charge in [0.2, 0.25) is 10.0 Å². The third-order valence-electron chi connectivity index (χ3n) is 2.29. The van der Waals surface area contributed by atoms with Gasteiger partial charge in [0.1, 0.15) is 6.04 Å². The minimum absolute atomic E-state index is 0.0350. The van der Waals surface area contributed by atoms with Crippen molar-refractivity contribution >= 4 is 16.0 Å². The molecule has 0 aliphatic heterocycles. The SMILES string of the molecule is CC(C)(C)CS(=O)(=O)NC(C(=O)O)C1CC1. The van der Waals surface area contributed by atoms with E-state index in [4.69, 9.17) is 5.11 Å². The Morgan fingerprint density at radius 1 is 1.44 bits per heavy atom. The lowest BCUT2D eigenvalue weighted by Gasteiger charge is -2.20. The van der Waals surface area contributed by atoms with Gasteiger partial charge in [-0.05, 0) is 24.2 Å². The van der Waals surface area contributed by atoms with Gasteiger partial charge in [0.15, 0.2) is 0 Å². The van der Waals surface area contributed by atoms with E-state index in [0.717, 1.165) is 12.8 Å². The maximum Gasteiger partial charge on any atom is 0.322 e. The standard InChI is InChI=1S/C10H19NO4S/c1-10(2,3)6-16(14,15)11-8(9(12)13)7-4-5-7/h7-8,11H,4-6H2,1-3H3,(H,12,13). The molecule has 0 spiro atoms. The van der Waals surface area contributed by atoms with Crippen molar-refractivity contribution in [2.45, 2.75) is 39.7 Å². The van der Waals surface area contributed by atoms with Gasteiger partial charge < -0.3 is 5.11 Å². The van der Waals surface area contributed by atoms with Crippen LogP contribution >= 0.6 is 0 Å². The Morgan fingerprint density at radius 2 is 1.94 bits per heavy atom. The third kappa shape index (κ3) is 4.49. The summed E-state index contributed by atoms with van der Waals surface area (Å²) in [7, 11) is -3.52. The number of carboxylic acid groups (broad SMARTS) is 1. The molecule has 0 heterocycles. The molecule has 0 aromatic rings. The smallest absolute Gasteiger partial charge is 0.322 e. The summed E-state index contributed by atoms with van der Waals surface area (Å²) in [6.45, 7) is 5.41. The summed E-state index contributed by atoms with van der Waals surface area (Å²) in [5.41, 5.74) is -0.377. The summed E-state index contributed by atoms with van der Waals surface area (Å²) in [6.07, 6.45) is 1.57. The first-order valence-electron chi connectivity index (χ1n) is 5.33. The summed E-state index contributed by atoms with van der Waals surface area (Å²) in [6, 6.07) is -0.952. The molecule has 1 aliphatic rings. The summed E-state index contributed by atoms with van der Waals surface area (Å²) in [5.74, 6) is -1.18. The van der Waals surface area contributed by atoms with Gasteiger partial charge in [-0.2, -0.15) is 0 Å². The summed E-state index contributed by atoms with van der Waals surface area (Å²) >= 11 is 0. The molecule has 1 aliphatic carbocycles. The second-order valence-electron chi connectivity index (χ2n) is 5.59. The third-order valence-corrected chi connectivity index (χ3v) is 4.15. The summed E-state index contributed by atoms with van der Waals surface area (Å²) in [5, 5.41) is 8.92. The summed E-state index contributed by atoms with van der Waals surface area (Å²) < 4.78 is 25.7. The van der Waals surface area contributed by atoms with Crippen LogP contribution in [0.3, 0.4) is 0 Å². The van der Waals surface area contributed by atoms with Crippen LogP contribution in [-0.2, 0) is 14.8 Å². The number of hydrogen-bond acceptors (Lipinski definition) is 3. The number of hydrogen-bond donors (Lipinski definition) is 2. The fourth-order valence-electron chi connectivity index (χ4n) is 1.58. The second-order valence-corrected chi connectivity index (χ2v) is 7.34. The van der Waals surface area contributed by atoms with E-state index in [0.29, 0.717) is 0 Å². The van der Waals surface area contributed by atoms with Crippen LogP contribution in [0.2, 0.25) is 0 Å². The Labute approximate surface area is 96.3 Å². The zero-order valence-corrected chi connectivity index (χ0v) is 10.7. The van der Waals surface area contributed by atoms with Gasteiger partial charge in [-0.25, -0.2) is 13.1 Å². The first-order chi connectivity index (χ1) is 7.11. The van der Waals surface area contributed by atoms with E-state index in [-0.39, 0.29) is 17.1 Å². The highest BCUT2D eigenvalue weighted by Gasteiger charge is 2.39. The molecule has 1 atom stereocenters. The van der Waals surface area contributed by atoms with E-state index in [2.05, 4.69) is 4.72 Å².